The predicted molar refractivity (Wildman–Crippen MR) is 78.4 cm³/mol. The highest BCUT2D eigenvalue weighted by molar-refractivity contribution is 5.74. The van der Waals surface area contributed by atoms with Crippen molar-refractivity contribution in [3.8, 4) is 0 Å². The Labute approximate surface area is 117 Å². The topological polar surface area (TPSA) is 43.8 Å². The molecule has 1 aliphatic heterocycles. The van der Waals surface area contributed by atoms with Crippen molar-refractivity contribution in [1.82, 2.24) is 9.80 Å². The van der Waals surface area contributed by atoms with E-state index in [-0.39, 0.29) is 0 Å². The fourth-order valence-corrected chi connectivity index (χ4v) is 3.12. The monoisotopic (exact) mass is 270 g/mol. The number of carboxylic acids is 1. The SMILES string of the molecule is CCC1CN(C)CCCN1CC(CC)(CC)C(=O)O. The Balaban J connectivity index is 2.83. The lowest BCUT2D eigenvalue weighted by Gasteiger charge is -2.37. The Bertz CT molecular complexity index is 290. The van der Waals surface area contributed by atoms with Crippen molar-refractivity contribution >= 4 is 5.97 Å². The van der Waals surface area contributed by atoms with Gasteiger partial charge in [0.1, 0.15) is 0 Å². The number of aliphatic carboxylic acids is 1. The first-order valence-electron chi connectivity index (χ1n) is 7.65. The molecule has 0 aromatic rings. The zero-order valence-electron chi connectivity index (χ0n) is 13.0. The number of hydrogen-bond acceptors (Lipinski definition) is 3. The lowest BCUT2D eigenvalue weighted by atomic mass is 9.81. The van der Waals surface area contributed by atoms with E-state index in [9.17, 15) is 9.90 Å². The number of carboxylic acid groups (broad SMARTS) is 1. The van der Waals surface area contributed by atoms with Gasteiger partial charge in [-0.3, -0.25) is 9.69 Å². The van der Waals surface area contributed by atoms with Crippen molar-refractivity contribution in [2.75, 3.05) is 33.2 Å². The largest absolute Gasteiger partial charge is 0.481 e. The molecule has 1 fully saturated rings. The third-order valence-electron chi connectivity index (χ3n) is 4.81. The molecule has 0 aliphatic carbocycles. The predicted octanol–water partition coefficient (Wildman–Crippen LogP) is 2.29. The molecule has 1 unspecified atom stereocenters. The van der Waals surface area contributed by atoms with Crippen LogP contribution in [0.15, 0.2) is 0 Å². The van der Waals surface area contributed by atoms with Crippen molar-refractivity contribution in [2.24, 2.45) is 5.41 Å². The summed E-state index contributed by atoms with van der Waals surface area (Å²) >= 11 is 0. The van der Waals surface area contributed by atoms with Crippen LogP contribution < -0.4 is 0 Å². The fourth-order valence-electron chi connectivity index (χ4n) is 3.12. The number of nitrogens with zero attached hydrogens (tertiary/aromatic N) is 2. The van der Waals surface area contributed by atoms with Crippen molar-refractivity contribution in [3.05, 3.63) is 0 Å². The lowest BCUT2D eigenvalue weighted by molar-refractivity contribution is -0.151. The Morgan fingerprint density at radius 1 is 1.26 bits per heavy atom. The third-order valence-corrected chi connectivity index (χ3v) is 4.81. The van der Waals surface area contributed by atoms with Gasteiger partial charge in [0.05, 0.1) is 5.41 Å². The molecule has 1 N–H and O–H groups in total. The molecule has 112 valence electrons. The minimum Gasteiger partial charge on any atom is -0.481 e. The van der Waals surface area contributed by atoms with Crippen molar-refractivity contribution < 1.29 is 9.90 Å². The maximum absolute atomic E-state index is 11.7. The first kappa shape index (κ1) is 16.4. The molecule has 1 rings (SSSR count). The molecule has 0 radical (unpaired) electrons. The number of carbonyl (C=O) groups is 1. The maximum atomic E-state index is 11.7. The third kappa shape index (κ3) is 3.93. The van der Waals surface area contributed by atoms with Crippen LogP contribution in [0.4, 0.5) is 0 Å². The summed E-state index contributed by atoms with van der Waals surface area (Å²) < 4.78 is 0. The summed E-state index contributed by atoms with van der Waals surface area (Å²) in [5.74, 6) is -0.634. The van der Waals surface area contributed by atoms with E-state index in [2.05, 4.69) is 23.8 Å². The van der Waals surface area contributed by atoms with Gasteiger partial charge in [0.25, 0.3) is 0 Å². The molecule has 1 saturated heterocycles. The molecule has 4 heteroatoms. The van der Waals surface area contributed by atoms with E-state index in [1.165, 1.54) is 0 Å². The van der Waals surface area contributed by atoms with Gasteiger partial charge >= 0.3 is 5.97 Å². The van der Waals surface area contributed by atoms with Gasteiger partial charge in [-0.2, -0.15) is 0 Å². The maximum Gasteiger partial charge on any atom is 0.310 e. The second-order valence-electron chi connectivity index (χ2n) is 5.94. The smallest absolute Gasteiger partial charge is 0.310 e. The van der Waals surface area contributed by atoms with E-state index in [1.807, 2.05) is 13.8 Å². The quantitative estimate of drug-likeness (QED) is 0.804. The van der Waals surface area contributed by atoms with Gasteiger partial charge < -0.3 is 10.0 Å². The van der Waals surface area contributed by atoms with Crippen LogP contribution in [0.2, 0.25) is 0 Å². The molecule has 0 amide bonds. The van der Waals surface area contributed by atoms with E-state index in [1.54, 1.807) is 0 Å². The Hall–Kier alpha value is -0.610. The second kappa shape index (κ2) is 7.25. The van der Waals surface area contributed by atoms with Gasteiger partial charge in [-0.05, 0) is 45.8 Å². The van der Waals surface area contributed by atoms with Gasteiger partial charge in [0, 0.05) is 19.1 Å². The van der Waals surface area contributed by atoms with Gasteiger partial charge in [-0.15, -0.1) is 0 Å². The molecule has 19 heavy (non-hydrogen) atoms. The summed E-state index contributed by atoms with van der Waals surface area (Å²) in [7, 11) is 2.16. The number of likely N-dealkylation sites (N-methyl/N-ethyl adjacent to an activating group) is 1. The van der Waals surface area contributed by atoms with E-state index >= 15 is 0 Å². The summed E-state index contributed by atoms with van der Waals surface area (Å²) in [5, 5.41) is 9.60. The van der Waals surface area contributed by atoms with Crippen molar-refractivity contribution in [3.63, 3.8) is 0 Å². The normalized spacial score (nSPS) is 23.3. The zero-order chi connectivity index (χ0) is 14.5. The summed E-state index contributed by atoms with van der Waals surface area (Å²) in [6.07, 6.45) is 3.65. The molecule has 1 aliphatic rings. The van der Waals surface area contributed by atoms with Crippen molar-refractivity contribution in [1.29, 1.82) is 0 Å². The van der Waals surface area contributed by atoms with Crippen LogP contribution in [0, 0.1) is 5.41 Å². The number of rotatable bonds is 6. The average Bonchev–Trinajstić information content (AvgIpc) is 2.57. The molecule has 0 aromatic carbocycles. The van der Waals surface area contributed by atoms with Gasteiger partial charge in [0.15, 0.2) is 0 Å². The first-order valence-corrected chi connectivity index (χ1v) is 7.65. The lowest BCUT2D eigenvalue weighted by Crippen LogP contribution is -2.48. The minimum absolute atomic E-state index is 0.490. The Morgan fingerprint density at radius 2 is 1.89 bits per heavy atom. The number of hydrogen-bond donors (Lipinski definition) is 1. The fraction of sp³-hybridized carbons (Fsp3) is 0.933. The average molecular weight is 270 g/mol. The van der Waals surface area contributed by atoms with Crippen LogP contribution in [-0.4, -0.2) is 60.1 Å². The zero-order valence-corrected chi connectivity index (χ0v) is 13.0. The van der Waals surface area contributed by atoms with Crippen LogP contribution in [0.25, 0.3) is 0 Å². The van der Waals surface area contributed by atoms with Crippen LogP contribution >= 0.6 is 0 Å². The van der Waals surface area contributed by atoms with Gasteiger partial charge in [-0.25, -0.2) is 0 Å². The molecule has 0 spiro atoms. The molecule has 1 heterocycles. The highest BCUT2D eigenvalue weighted by Gasteiger charge is 2.38. The van der Waals surface area contributed by atoms with E-state index in [4.69, 9.17) is 0 Å². The Morgan fingerprint density at radius 3 is 2.37 bits per heavy atom. The Kier molecular flexibility index (Phi) is 6.27. The molecule has 4 nitrogen and oxygen atoms in total. The summed E-state index contributed by atoms with van der Waals surface area (Å²) in [6.45, 7) is 10.1. The summed E-state index contributed by atoms with van der Waals surface area (Å²) in [6, 6.07) is 0.490. The molecule has 0 bridgehead atoms. The van der Waals surface area contributed by atoms with Crippen LogP contribution in [0.5, 0.6) is 0 Å². The summed E-state index contributed by atoms with van der Waals surface area (Å²) in [4.78, 5) is 16.5. The van der Waals surface area contributed by atoms with Crippen molar-refractivity contribution in [2.45, 2.75) is 52.5 Å². The molecule has 0 saturated carbocycles. The first-order chi connectivity index (χ1) is 8.99. The molecular weight excluding hydrogens is 240 g/mol. The van der Waals surface area contributed by atoms with Gasteiger partial charge in [0.2, 0.25) is 0 Å². The summed E-state index contributed by atoms with van der Waals surface area (Å²) in [5.41, 5.74) is -0.573. The highest BCUT2D eigenvalue weighted by Crippen LogP contribution is 2.30. The van der Waals surface area contributed by atoms with Crippen LogP contribution in [0.3, 0.4) is 0 Å². The van der Waals surface area contributed by atoms with E-state index in [0.29, 0.717) is 25.4 Å². The minimum atomic E-state index is -0.634. The molecule has 0 aromatic heterocycles. The highest BCUT2D eigenvalue weighted by atomic mass is 16.4. The standard InChI is InChI=1S/C15H30N2O2/c1-5-13-11-16(4)9-8-10-17(13)12-15(6-2,7-3)14(18)19/h13H,5-12H2,1-4H3,(H,18,19). The van der Waals surface area contributed by atoms with E-state index in [0.717, 1.165) is 32.5 Å². The second-order valence-corrected chi connectivity index (χ2v) is 5.94. The van der Waals surface area contributed by atoms with E-state index < -0.39 is 11.4 Å². The molecular formula is C15H30N2O2. The van der Waals surface area contributed by atoms with Crippen LogP contribution in [-0.2, 0) is 4.79 Å². The molecule has 1 atom stereocenters. The van der Waals surface area contributed by atoms with Crippen LogP contribution in [0.1, 0.15) is 46.5 Å². The van der Waals surface area contributed by atoms with Gasteiger partial charge in [-0.1, -0.05) is 20.8 Å².